The largest absolute Gasteiger partial charge is 0.350 e. The van der Waals surface area contributed by atoms with E-state index in [4.69, 9.17) is 0 Å². The first-order chi connectivity index (χ1) is 6.88. The van der Waals surface area contributed by atoms with E-state index in [1.165, 1.54) is 11.1 Å². The quantitative estimate of drug-likeness (QED) is 0.692. The average molecular weight is 185 g/mol. The molecule has 2 aromatic rings. The standard InChI is InChI=1S/C13H15N/c1-2-12-5-7-13(8-6-12)11-14-9-3-4-10-14/h3-10H,2,11H2,1H3. The highest BCUT2D eigenvalue weighted by molar-refractivity contribution is 5.22. The van der Waals surface area contributed by atoms with Gasteiger partial charge in [-0.2, -0.15) is 0 Å². The molecular weight excluding hydrogens is 170 g/mol. The fourth-order valence-electron chi connectivity index (χ4n) is 1.57. The van der Waals surface area contributed by atoms with Gasteiger partial charge in [0.2, 0.25) is 0 Å². The van der Waals surface area contributed by atoms with Gasteiger partial charge in [-0.25, -0.2) is 0 Å². The Bertz CT molecular complexity index is 370. The molecule has 0 aliphatic rings. The molecule has 0 N–H and O–H groups in total. The van der Waals surface area contributed by atoms with Crippen molar-refractivity contribution in [1.82, 2.24) is 4.57 Å². The van der Waals surface area contributed by atoms with Gasteiger partial charge in [-0.3, -0.25) is 0 Å². The average Bonchev–Trinajstić information content (AvgIpc) is 2.72. The van der Waals surface area contributed by atoms with Crippen LogP contribution in [0.15, 0.2) is 48.8 Å². The predicted molar refractivity (Wildman–Crippen MR) is 59.4 cm³/mol. The molecule has 0 atom stereocenters. The maximum absolute atomic E-state index is 2.21. The smallest absolute Gasteiger partial charge is 0.0470 e. The molecular formula is C13H15N. The molecule has 0 aliphatic carbocycles. The number of aromatic nitrogens is 1. The monoisotopic (exact) mass is 185 g/mol. The van der Waals surface area contributed by atoms with Crippen molar-refractivity contribution in [2.45, 2.75) is 19.9 Å². The van der Waals surface area contributed by atoms with Gasteiger partial charge >= 0.3 is 0 Å². The third-order valence-electron chi connectivity index (χ3n) is 2.46. The minimum atomic E-state index is 0.969. The molecule has 1 heterocycles. The zero-order valence-corrected chi connectivity index (χ0v) is 8.48. The number of hydrogen-bond donors (Lipinski definition) is 0. The van der Waals surface area contributed by atoms with Crippen LogP contribution in [0.4, 0.5) is 0 Å². The van der Waals surface area contributed by atoms with Crippen LogP contribution in [0.2, 0.25) is 0 Å². The summed E-state index contributed by atoms with van der Waals surface area (Å²) in [5.41, 5.74) is 2.76. The number of nitrogens with zero attached hydrogens (tertiary/aromatic N) is 1. The van der Waals surface area contributed by atoms with Crippen molar-refractivity contribution in [2.75, 3.05) is 0 Å². The van der Waals surface area contributed by atoms with Crippen molar-refractivity contribution in [2.24, 2.45) is 0 Å². The molecule has 0 saturated heterocycles. The molecule has 1 nitrogen and oxygen atoms in total. The highest BCUT2D eigenvalue weighted by Crippen LogP contribution is 2.06. The molecule has 0 aliphatic heterocycles. The van der Waals surface area contributed by atoms with Crippen LogP contribution < -0.4 is 0 Å². The van der Waals surface area contributed by atoms with E-state index in [1.807, 2.05) is 0 Å². The van der Waals surface area contributed by atoms with Gasteiger partial charge in [0.1, 0.15) is 0 Å². The van der Waals surface area contributed by atoms with Crippen LogP contribution in [0.1, 0.15) is 18.1 Å². The normalized spacial score (nSPS) is 10.4. The Morgan fingerprint density at radius 3 is 2.07 bits per heavy atom. The second-order valence-electron chi connectivity index (χ2n) is 3.53. The second kappa shape index (κ2) is 4.14. The van der Waals surface area contributed by atoms with Crippen molar-refractivity contribution in [3.05, 3.63) is 59.9 Å². The Hall–Kier alpha value is -1.50. The summed E-state index contributed by atoms with van der Waals surface area (Å²) < 4.78 is 2.18. The van der Waals surface area contributed by atoms with Crippen LogP contribution in [-0.4, -0.2) is 4.57 Å². The fourth-order valence-corrected chi connectivity index (χ4v) is 1.57. The first kappa shape index (κ1) is 9.07. The molecule has 0 unspecified atom stereocenters. The number of hydrogen-bond acceptors (Lipinski definition) is 0. The van der Waals surface area contributed by atoms with E-state index in [0.29, 0.717) is 0 Å². The van der Waals surface area contributed by atoms with E-state index in [9.17, 15) is 0 Å². The molecule has 0 radical (unpaired) electrons. The van der Waals surface area contributed by atoms with E-state index < -0.39 is 0 Å². The van der Waals surface area contributed by atoms with Crippen molar-refractivity contribution in [3.8, 4) is 0 Å². The number of benzene rings is 1. The summed E-state index contributed by atoms with van der Waals surface area (Å²) in [7, 11) is 0. The summed E-state index contributed by atoms with van der Waals surface area (Å²) in [6.07, 6.45) is 5.30. The van der Waals surface area contributed by atoms with Crippen molar-refractivity contribution >= 4 is 0 Å². The predicted octanol–water partition coefficient (Wildman–Crippen LogP) is 3.10. The minimum Gasteiger partial charge on any atom is -0.350 e. The maximum Gasteiger partial charge on any atom is 0.0470 e. The molecule has 0 spiro atoms. The zero-order valence-electron chi connectivity index (χ0n) is 8.48. The molecule has 0 saturated carbocycles. The molecule has 0 fully saturated rings. The molecule has 0 bridgehead atoms. The molecule has 1 aromatic heterocycles. The Morgan fingerprint density at radius 2 is 1.50 bits per heavy atom. The van der Waals surface area contributed by atoms with Gasteiger partial charge in [0, 0.05) is 18.9 Å². The highest BCUT2D eigenvalue weighted by Gasteiger charge is 1.93. The van der Waals surface area contributed by atoms with E-state index in [0.717, 1.165) is 13.0 Å². The van der Waals surface area contributed by atoms with E-state index >= 15 is 0 Å². The summed E-state index contributed by atoms with van der Waals surface area (Å²) in [4.78, 5) is 0. The van der Waals surface area contributed by atoms with E-state index in [-0.39, 0.29) is 0 Å². The Kier molecular flexibility index (Phi) is 2.68. The van der Waals surface area contributed by atoms with E-state index in [1.54, 1.807) is 0 Å². The summed E-state index contributed by atoms with van der Waals surface area (Å²) in [5.74, 6) is 0. The van der Waals surface area contributed by atoms with Crippen LogP contribution in [0, 0.1) is 0 Å². The van der Waals surface area contributed by atoms with E-state index in [2.05, 4.69) is 60.3 Å². The number of rotatable bonds is 3. The van der Waals surface area contributed by atoms with Gasteiger partial charge in [-0.05, 0) is 29.7 Å². The third kappa shape index (κ3) is 2.05. The summed E-state index contributed by atoms with van der Waals surface area (Å²) in [6.45, 7) is 3.15. The molecule has 2 rings (SSSR count). The second-order valence-corrected chi connectivity index (χ2v) is 3.53. The van der Waals surface area contributed by atoms with Crippen LogP contribution in [0.25, 0.3) is 0 Å². The number of aryl methyl sites for hydroxylation is 1. The van der Waals surface area contributed by atoms with Gasteiger partial charge in [0.25, 0.3) is 0 Å². The van der Waals surface area contributed by atoms with Crippen molar-refractivity contribution in [1.29, 1.82) is 0 Å². The third-order valence-corrected chi connectivity index (χ3v) is 2.46. The molecule has 1 aromatic carbocycles. The van der Waals surface area contributed by atoms with Crippen molar-refractivity contribution in [3.63, 3.8) is 0 Å². The lowest BCUT2D eigenvalue weighted by Gasteiger charge is -2.03. The van der Waals surface area contributed by atoms with Crippen LogP contribution in [0.3, 0.4) is 0 Å². The lowest BCUT2D eigenvalue weighted by molar-refractivity contribution is 0.805. The first-order valence-corrected chi connectivity index (χ1v) is 5.07. The fraction of sp³-hybridized carbons (Fsp3) is 0.231. The lowest BCUT2D eigenvalue weighted by atomic mass is 10.1. The lowest BCUT2D eigenvalue weighted by Crippen LogP contribution is -1.95. The van der Waals surface area contributed by atoms with Crippen LogP contribution >= 0.6 is 0 Å². The highest BCUT2D eigenvalue weighted by atomic mass is 14.9. The van der Waals surface area contributed by atoms with Gasteiger partial charge < -0.3 is 4.57 Å². The Labute approximate surface area is 85.0 Å². The minimum absolute atomic E-state index is 0.969. The van der Waals surface area contributed by atoms with Gasteiger partial charge in [-0.1, -0.05) is 31.2 Å². The summed E-state index contributed by atoms with van der Waals surface area (Å²) in [6, 6.07) is 12.9. The molecule has 72 valence electrons. The first-order valence-electron chi connectivity index (χ1n) is 5.07. The zero-order chi connectivity index (χ0) is 9.80. The van der Waals surface area contributed by atoms with Crippen LogP contribution in [0.5, 0.6) is 0 Å². The summed E-state index contributed by atoms with van der Waals surface area (Å²) >= 11 is 0. The SMILES string of the molecule is CCc1ccc(Cn2cccc2)cc1. The maximum atomic E-state index is 2.21. The molecule has 0 amide bonds. The summed E-state index contributed by atoms with van der Waals surface area (Å²) in [5, 5.41) is 0. The Morgan fingerprint density at radius 1 is 0.929 bits per heavy atom. The topological polar surface area (TPSA) is 4.93 Å². The van der Waals surface area contributed by atoms with Crippen LogP contribution in [-0.2, 0) is 13.0 Å². The molecule has 14 heavy (non-hydrogen) atoms. The van der Waals surface area contributed by atoms with Crippen molar-refractivity contribution < 1.29 is 0 Å². The Balaban J connectivity index is 2.10. The van der Waals surface area contributed by atoms with Gasteiger partial charge in [-0.15, -0.1) is 0 Å². The van der Waals surface area contributed by atoms with Gasteiger partial charge in [0.15, 0.2) is 0 Å². The van der Waals surface area contributed by atoms with Gasteiger partial charge in [0.05, 0.1) is 0 Å². The molecule has 1 heteroatoms.